The van der Waals surface area contributed by atoms with Crippen LogP contribution in [0.25, 0.3) is 11.3 Å². The van der Waals surface area contributed by atoms with Gasteiger partial charge in [0.25, 0.3) is 0 Å². The highest BCUT2D eigenvalue weighted by Crippen LogP contribution is 2.37. The number of pyridine rings is 1. The number of hydrogen-bond donors (Lipinski definition) is 2. The van der Waals surface area contributed by atoms with Crippen molar-refractivity contribution in [2.75, 3.05) is 18.0 Å². The number of aliphatic carboxylic acids is 1. The third-order valence-electron chi connectivity index (χ3n) is 5.44. The summed E-state index contributed by atoms with van der Waals surface area (Å²) < 4.78 is 0. The normalized spacial score (nSPS) is 15.9. The predicted octanol–water partition coefficient (Wildman–Crippen LogP) is 2.87. The number of para-hydroxylation sites is 1. The van der Waals surface area contributed by atoms with Gasteiger partial charge in [-0.2, -0.15) is 10.2 Å². The zero-order chi connectivity index (χ0) is 19.6. The number of carboxylic acids is 1. The molecule has 3 aromatic rings. The lowest BCUT2D eigenvalue weighted by molar-refractivity contribution is -0.144. The third-order valence-corrected chi connectivity index (χ3v) is 5.44. The summed E-state index contributed by atoms with van der Waals surface area (Å²) in [6, 6.07) is 12.4. The molecule has 0 atom stereocenters. The number of rotatable bonds is 4. The molecule has 1 aromatic carbocycles. The van der Waals surface area contributed by atoms with Gasteiger partial charge in [-0.3, -0.25) is 9.78 Å². The van der Waals surface area contributed by atoms with Gasteiger partial charge in [-0.05, 0) is 48.7 Å². The van der Waals surface area contributed by atoms with E-state index >= 15 is 0 Å². The summed E-state index contributed by atoms with van der Waals surface area (Å²) in [6.07, 6.45) is 5.92. The molecule has 1 saturated heterocycles. The van der Waals surface area contributed by atoms with Gasteiger partial charge in [0.05, 0.1) is 23.0 Å². The minimum Gasteiger partial charge on any atom is -0.507 e. The minimum absolute atomic E-state index is 0.148. The first kappa shape index (κ1) is 17.9. The van der Waals surface area contributed by atoms with Gasteiger partial charge in [0, 0.05) is 31.0 Å². The number of carbonyl (C=O) groups is 1. The molecule has 142 valence electrons. The monoisotopic (exact) mass is 376 g/mol. The van der Waals surface area contributed by atoms with E-state index in [-0.39, 0.29) is 5.75 Å². The molecular weight excluding hydrogens is 356 g/mol. The number of piperidine rings is 1. The molecule has 0 bridgehead atoms. The maximum atomic E-state index is 12.1. The fourth-order valence-electron chi connectivity index (χ4n) is 3.79. The number of phenolic OH excluding ortho intramolecular Hbond substituents is 1. The van der Waals surface area contributed by atoms with Gasteiger partial charge in [-0.25, -0.2) is 0 Å². The van der Waals surface area contributed by atoms with Crippen molar-refractivity contribution in [3.05, 3.63) is 66.6 Å². The number of aromatic hydroxyl groups is 1. The number of phenols is 1. The highest BCUT2D eigenvalue weighted by atomic mass is 16.4. The summed E-state index contributed by atoms with van der Waals surface area (Å²) in [5, 5.41) is 28.2. The first-order chi connectivity index (χ1) is 13.6. The average Bonchev–Trinajstić information content (AvgIpc) is 2.75. The fourth-order valence-corrected chi connectivity index (χ4v) is 3.79. The van der Waals surface area contributed by atoms with E-state index in [1.54, 1.807) is 48.9 Å². The molecule has 2 aromatic heterocycles. The third kappa shape index (κ3) is 3.15. The molecule has 0 amide bonds. The summed E-state index contributed by atoms with van der Waals surface area (Å²) in [4.78, 5) is 18.2. The van der Waals surface area contributed by atoms with Gasteiger partial charge < -0.3 is 15.1 Å². The number of nitrogens with zero attached hydrogens (tertiary/aromatic N) is 4. The lowest BCUT2D eigenvalue weighted by Crippen LogP contribution is -2.47. The van der Waals surface area contributed by atoms with Crippen LogP contribution < -0.4 is 4.90 Å². The van der Waals surface area contributed by atoms with E-state index in [1.807, 2.05) is 12.1 Å². The second kappa shape index (κ2) is 7.26. The van der Waals surface area contributed by atoms with Crippen LogP contribution in [0.4, 0.5) is 5.69 Å². The molecule has 1 fully saturated rings. The Bertz CT molecular complexity index is 986. The van der Waals surface area contributed by atoms with Crippen molar-refractivity contribution in [3.8, 4) is 17.0 Å². The topological polar surface area (TPSA) is 99.4 Å². The molecule has 3 heterocycles. The van der Waals surface area contributed by atoms with Gasteiger partial charge in [0.1, 0.15) is 5.75 Å². The van der Waals surface area contributed by atoms with Crippen LogP contribution in [0.1, 0.15) is 18.4 Å². The van der Waals surface area contributed by atoms with Crippen molar-refractivity contribution in [2.45, 2.75) is 18.3 Å². The van der Waals surface area contributed by atoms with Gasteiger partial charge in [-0.15, -0.1) is 0 Å². The molecular formula is C21H20N4O3. The lowest BCUT2D eigenvalue weighted by atomic mass is 9.73. The Hall–Kier alpha value is -3.48. The summed E-state index contributed by atoms with van der Waals surface area (Å²) in [7, 11) is 0. The van der Waals surface area contributed by atoms with Gasteiger partial charge in [0.15, 0.2) is 0 Å². The summed E-state index contributed by atoms with van der Waals surface area (Å²) in [5.74, 6) is -0.656. The summed E-state index contributed by atoms with van der Waals surface area (Å²) in [5.41, 5.74) is 1.95. The Morgan fingerprint density at radius 1 is 1.07 bits per heavy atom. The van der Waals surface area contributed by atoms with E-state index in [0.717, 1.165) is 11.3 Å². The average molecular weight is 376 g/mol. The van der Waals surface area contributed by atoms with E-state index in [4.69, 9.17) is 0 Å². The van der Waals surface area contributed by atoms with Crippen LogP contribution in [0.15, 0.2) is 61.1 Å². The summed E-state index contributed by atoms with van der Waals surface area (Å²) >= 11 is 0. The predicted molar refractivity (Wildman–Crippen MR) is 104 cm³/mol. The van der Waals surface area contributed by atoms with Crippen LogP contribution in [0.3, 0.4) is 0 Å². The van der Waals surface area contributed by atoms with Crippen molar-refractivity contribution < 1.29 is 15.0 Å². The Morgan fingerprint density at radius 3 is 2.46 bits per heavy atom. The molecule has 2 N–H and O–H groups in total. The highest BCUT2D eigenvalue weighted by molar-refractivity contribution is 5.82. The van der Waals surface area contributed by atoms with E-state index in [2.05, 4.69) is 20.1 Å². The number of anilines is 1. The SMILES string of the molecule is O=C(O)C1(c2ccncc2)CCN(c2cnnc(-c3ccccc3O)c2)CC1. The molecule has 7 heteroatoms. The number of carboxylic acid groups (broad SMARTS) is 1. The molecule has 0 spiro atoms. The van der Waals surface area contributed by atoms with Crippen molar-refractivity contribution in [1.29, 1.82) is 0 Å². The Balaban J connectivity index is 1.58. The molecule has 0 radical (unpaired) electrons. The van der Waals surface area contributed by atoms with Crippen molar-refractivity contribution >= 4 is 11.7 Å². The first-order valence-electron chi connectivity index (χ1n) is 9.10. The fraction of sp³-hybridized carbons (Fsp3) is 0.238. The molecule has 0 unspecified atom stereocenters. The van der Waals surface area contributed by atoms with Crippen LogP contribution in [-0.4, -0.2) is 44.5 Å². The molecule has 1 aliphatic heterocycles. The van der Waals surface area contributed by atoms with Crippen molar-refractivity contribution in [3.63, 3.8) is 0 Å². The van der Waals surface area contributed by atoms with Crippen molar-refractivity contribution in [1.82, 2.24) is 15.2 Å². The van der Waals surface area contributed by atoms with E-state index in [0.29, 0.717) is 37.2 Å². The Labute approximate surface area is 162 Å². The van der Waals surface area contributed by atoms with Crippen LogP contribution in [0, 0.1) is 0 Å². The first-order valence-corrected chi connectivity index (χ1v) is 9.10. The smallest absolute Gasteiger partial charge is 0.314 e. The minimum atomic E-state index is -0.902. The second-order valence-electron chi connectivity index (χ2n) is 6.93. The van der Waals surface area contributed by atoms with E-state index in [9.17, 15) is 15.0 Å². The lowest BCUT2D eigenvalue weighted by Gasteiger charge is -2.40. The molecule has 0 saturated carbocycles. The zero-order valence-corrected chi connectivity index (χ0v) is 15.2. The van der Waals surface area contributed by atoms with E-state index in [1.165, 1.54) is 0 Å². The molecule has 4 rings (SSSR count). The quantitative estimate of drug-likeness (QED) is 0.722. The highest BCUT2D eigenvalue weighted by Gasteiger charge is 2.43. The molecule has 1 aliphatic rings. The van der Waals surface area contributed by atoms with Crippen molar-refractivity contribution in [2.24, 2.45) is 0 Å². The number of aromatic nitrogens is 3. The van der Waals surface area contributed by atoms with Crippen LogP contribution in [-0.2, 0) is 10.2 Å². The Morgan fingerprint density at radius 2 is 1.79 bits per heavy atom. The molecule has 7 nitrogen and oxygen atoms in total. The number of benzene rings is 1. The number of hydrogen-bond acceptors (Lipinski definition) is 6. The van der Waals surface area contributed by atoms with Gasteiger partial charge >= 0.3 is 5.97 Å². The zero-order valence-electron chi connectivity index (χ0n) is 15.2. The van der Waals surface area contributed by atoms with Gasteiger partial charge in [-0.1, -0.05) is 12.1 Å². The molecule has 0 aliphatic carbocycles. The summed E-state index contributed by atoms with van der Waals surface area (Å²) in [6.45, 7) is 1.17. The van der Waals surface area contributed by atoms with Gasteiger partial charge in [0.2, 0.25) is 0 Å². The second-order valence-corrected chi connectivity index (χ2v) is 6.93. The maximum Gasteiger partial charge on any atom is 0.314 e. The van der Waals surface area contributed by atoms with Crippen LogP contribution >= 0.6 is 0 Å². The van der Waals surface area contributed by atoms with E-state index < -0.39 is 11.4 Å². The molecule has 28 heavy (non-hydrogen) atoms. The van der Waals surface area contributed by atoms with Crippen LogP contribution in [0.2, 0.25) is 0 Å². The maximum absolute atomic E-state index is 12.1. The van der Waals surface area contributed by atoms with Crippen LogP contribution in [0.5, 0.6) is 5.75 Å². The standard InChI is InChI=1S/C21H20N4O3/c26-19-4-2-1-3-17(19)18-13-16(14-23-24-18)25-11-7-21(8-12-25,20(27)28)15-5-9-22-10-6-15/h1-6,9-10,13-14,26H,7-8,11-12H2,(H,27,28). The largest absolute Gasteiger partial charge is 0.507 e. The Kier molecular flexibility index (Phi) is 4.65.